The second-order valence-corrected chi connectivity index (χ2v) is 2.90. The number of nitrogens with one attached hydrogen (secondary N) is 1. The highest BCUT2D eigenvalue weighted by Gasteiger charge is 2.03. The average molecular weight is 163 g/mol. The predicted octanol–water partition coefficient (Wildman–Crippen LogP) is 1.19. The lowest BCUT2D eigenvalue weighted by atomic mass is 10.1. The molecule has 0 fully saturated rings. The minimum absolute atomic E-state index is 0.0395. The van der Waals surface area contributed by atoms with Crippen LogP contribution < -0.4 is 5.73 Å². The minimum Gasteiger partial charge on any atom is -0.328 e. The first kappa shape index (κ1) is 8.87. The summed E-state index contributed by atoms with van der Waals surface area (Å²) >= 11 is 0. The molecule has 3 heteroatoms. The maximum atomic E-state index is 7.64. The van der Waals surface area contributed by atoms with Gasteiger partial charge in [-0.2, -0.15) is 0 Å². The average Bonchev–Trinajstić information content (AvgIpc) is 2.05. The van der Waals surface area contributed by atoms with Crippen LogP contribution in [0.2, 0.25) is 0 Å². The van der Waals surface area contributed by atoms with Crippen molar-refractivity contribution in [1.82, 2.24) is 4.98 Å². The Hall–Kier alpha value is -1.22. The number of pyridine rings is 1. The molecule has 0 bridgehead atoms. The Morgan fingerprint density at radius 2 is 2.50 bits per heavy atom. The number of rotatable bonds is 3. The summed E-state index contributed by atoms with van der Waals surface area (Å²) in [6, 6.07) is 3.74. The summed E-state index contributed by atoms with van der Waals surface area (Å²) < 4.78 is 0. The summed E-state index contributed by atoms with van der Waals surface area (Å²) in [5.74, 6) is 0. The van der Waals surface area contributed by atoms with E-state index < -0.39 is 0 Å². The summed E-state index contributed by atoms with van der Waals surface area (Å²) in [6.07, 6.45) is 3.99. The van der Waals surface area contributed by atoms with E-state index in [4.69, 9.17) is 11.1 Å². The van der Waals surface area contributed by atoms with Crippen molar-refractivity contribution in [3.63, 3.8) is 0 Å². The molecule has 0 saturated heterocycles. The summed E-state index contributed by atoms with van der Waals surface area (Å²) in [5.41, 5.74) is 6.98. The van der Waals surface area contributed by atoms with Gasteiger partial charge in [0.1, 0.15) is 0 Å². The summed E-state index contributed by atoms with van der Waals surface area (Å²) in [4.78, 5) is 3.93. The Labute approximate surface area is 72.1 Å². The second kappa shape index (κ2) is 3.97. The lowest BCUT2D eigenvalue weighted by Crippen LogP contribution is -2.19. The first-order chi connectivity index (χ1) is 5.70. The summed E-state index contributed by atoms with van der Waals surface area (Å²) in [5, 5.41) is 7.64. The molecule has 1 atom stereocenters. The van der Waals surface area contributed by atoms with Crippen LogP contribution >= 0.6 is 0 Å². The molecule has 3 N–H and O–H groups in total. The second-order valence-electron chi connectivity index (χ2n) is 2.90. The van der Waals surface area contributed by atoms with E-state index in [0.717, 1.165) is 5.56 Å². The highest BCUT2D eigenvalue weighted by Crippen LogP contribution is 2.01. The van der Waals surface area contributed by atoms with Crippen molar-refractivity contribution >= 4 is 5.71 Å². The summed E-state index contributed by atoms with van der Waals surface area (Å²) in [6.45, 7) is 1.89. The Morgan fingerprint density at radius 3 is 3.00 bits per heavy atom. The molecule has 1 rings (SSSR count). The monoisotopic (exact) mass is 163 g/mol. The quantitative estimate of drug-likeness (QED) is 0.657. The molecule has 1 heterocycles. The zero-order chi connectivity index (χ0) is 8.97. The Balaban J connectivity index is 2.66. The van der Waals surface area contributed by atoms with Gasteiger partial charge in [-0.3, -0.25) is 4.98 Å². The van der Waals surface area contributed by atoms with Gasteiger partial charge >= 0.3 is 0 Å². The molecule has 0 aliphatic carbocycles. The van der Waals surface area contributed by atoms with Crippen LogP contribution in [0.4, 0.5) is 0 Å². The lowest BCUT2D eigenvalue weighted by molar-refractivity contribution is 0.776. The molecule has 0 saturated carbocycles. The molecular formula is C9H13N3. The molecule has 0 amide bonds. The Morgan fingerprint density at radius 1 is 1.75 bits per heavy atom. The van der Waals surface area contributed by atoms with E-state index in [9.17, 15) is 0 Å². The highest BCUT2D eigenvalue weighted by molar-refractivity contribution is 5.98. The van der Waals surface area contributed by atoms with Crippen LogP contribution in [-0.4, -0.2) is 16.7 Å². The van der Waals surface area contributed by atoms with E-state index in [1.54, 1.807) is 12.4 Å². The van der Waals surface area contributed by atoms with Crippen LogP contribution in [0.15, 0.2) is 24.5 Å². The molecule has 0 unspecified atom stereocenters. The fraction of sp³-hybridized carbons (Fsp3) is 0.333. The van der Waals surface area contributed by atoms with E-state index in [1.165, 1.54) is 0 Å². The van der Waals surface area contributed by atoms with Crippen molar-refractivity contribution in [3.8, 4) is 0 Å². The standard InChI is InChI=1S/C9H13N3/c1-7(10)5-9(11)8-3-2-4-12-6-8/h2-4,6-7,11H,5,10H2,1H3/t7-/m1/s1. The molecule has 3 nitrogen and oxygen atoms in total. The largest absolute Gasteiger partial charge is 0.328 e. The predicted molar refractivity (Wildman–Crippen MR) is 49.3 cm³/mol. The molecular weight excluding hydrogens is 150 g/mol. The van der Waals surface area contributed by atoms with E-state index in [2.05, 4.69) is 4.98 Å². The SMILES string of the molecule is C[C@@H](N)CC(=N)c1cccnc1. The van der Waals surface area contributed by atoms with Crippen molar-refractivity contribution in [2.75, 3.05) is 0 Å². The third-order valence-corrected chi connectivity index (χ3v) is 1.54. The van der Waals surface area contributed by atoms with Gasteiger partial charge in [-0.25, -0.2) is 0 Å². The van der Waals surface area contributed by atoms with Crippen molar-refractivity contribution in [2.24, 2.45) is 5.73 Å². The maximum Gasteiger partial charge on any atom is 0.0416 e. The molecule has 1 aromatic heterocycles. The van der Waals surface area contributed by atoms with Gasteiger partial charge in [0.15, 0.2) is 0 Å². The van der Waals surface area contributed by atoms with Crippen molar-refractivity contribution in [3.05, 3.63) is 30.1 Å². The third kappa shape index (κ3) is 2.43. The number of nitrogens with two attached hydrogens (primary N) is 1. The molecule has 0 aliphatic heterocycles. The zero-order valence-corrected chi connectivity index (χ0v) is 7.12. The Bertz CT molecular complexity index is 254. The van der Waals surface area contributed by atoms with E-state index in [1.807, 2.05) is 19.1 Å². The molecule has 0 aromatic carbocycles. The van der Waals surface area contributed by atoms with Crippen molar-refractivity contribution < 1.29 is 0 Å². The van der Waals surface area contributed by atoms with Gasteiger partial charge in [0.2, 0.25) is 0 Å². The smallest absolute Gasteiger partial charge is 0.0416 e. The topological polar surface area (TPSA) is 62.8 Å². The number of hydrogen-bond donors (Lipinski definition) is 2. The normalized spacial score (nSPS) is 12.5. The van der Waals surface area contributed by atoms with Crippen LogP contribution in [0, 0.1) is 5.41 Å². The first-order valence-corrected chi connectivity index (χ1v) is 3.93. The van der Waals surface area contributed by atoms with Gasteiger partial charge in [0, 0.05) is 36.1 Å². The van der Waals surface area contributed by atoms with Crippen LogP contribution in [0.3, 0.4) is 0 Å². The third-order valence-electron chi connectivity index (χ3n) is 1.54. The van der Waals surface area contributed by atoms with Crippen molar-refractivity contribution in [1.29, 1.82) is 5.41 Å². The van der Waals surface area contributed by atoms with Crippen LogP contribution in [-0.2, 0) is 0 Å². The fourth-order valence-corrected chi connectivity index (χ4v) is 0.981. The number of hydrogen-bond acceptors (Lipinski definition) is 3. The van der Waals surface area contributed by atoms with Crippen molar-refractivity contribution in [2.45, 2.75) is 19.4 Å². The molecule has 0 radical (unpaired) electrons. The first-order valence-electron chi connectivity index (χ1n) is 3.93. The van der Waals surface area contributed by atoms with Crippen LogP contribution in [0.5, 0.6) is 0 Å². The number of nitrogens with zero attached hydrogens (tertiary/aromatic N) is 1. The fourth-order valence-electron chi connectivity index (χ4n) is 0.981. The van der Waals surface area contributed by atoms with Gasteiger partial charge in [-0.05, 0) is 13.0 Å². The van der Waals surface area contributed by atoms with E-state index in [0.29, 0.717) is 12.1 Å². The molecule has 12 heavy (non-hydrogen) atoms. The van der Waals surface area contributed by atoms with Gasteiger partial charge in [0.25, 0.3) is 0 Å². The Kier molecular flexibility index (Phi) is 2.94. The highest BCUT2D eigenvalue weighted by atomic mass is 14.6. The molecule has 0 aliphatic rings. The van der Waals surface area contributed by atoms with Gasteiger partial charge < -0.3 is 11.1 Å². The molecule has 0 spiro atoms. The van der Waals surface area contributed by atoms with Gasteiger partial charge in [0.05, 0.1) is 0 Å². The van der Waals surface area contributed by atoms with Gasteiger partial charge in [-0.15, -0.1) is 0 Å². The zero-order valence-electron chi connectivity index (χ0n) is 7.12. The molecule has 1 aromatic rings. The van der Waals surface area contributed by atoms with Crippen LogP contribution in [0.25, 0.3) is 0 Å². The maximum absolute atomic E-state index is 7.64. The summed E-state index contributed by atoms with van der Waals surface area (Å²) in [7, 11) is 0. The van der Waals surface area contributed by atoms with E-state index in [-0.39, 0.29) is 6.04 Å². The lowest BCUT2D eigenvalue weighted by Gasteiger charge is -2.05. The minimum atomic E-state index is 0.0395. The van der Waals surface area contributed by atoms with Gasteiger partial charge in [-0.1, -0.05) is 6.07 Å². The van der Waals surface area contributed by atoms with Crippen LogP contribution in [0.1, 0.15) is 18.9 Å². The van der Waals surface area contributed by atoms with E-state index >= 15 is 0 Å². The number of aromatic nitrogens is 1. The molecule has 64 valence electrons.